The van der Waals surface area contributed by atoms with Crippen LogP contribution in [0.4, 0.5) is 0 Å². The zero-order valence-corrected chi connectivity index (χ0v) is 11.1. The number of hydrogen-bond donors (Lipinski definition) is 2. The van der Waals surface area contributed by atoms with Crippen molar-refractivity contribution in [1.82, 2.24) is 20.2 Å². The molecule has 0 fully saturated rings. The van der Waals surface area contributed by atoms with E-state index in [0.717, 1.165) is 11.1 Å². The van der Waals surface area contributed by atoms with Crippen molar-refractivity contribution in [3.8, 4) is 11.4 Å². The Hall–Kier alpha value is -2.53. The monoisotopic (exact) mass is 265 g/mol. The first-order valence-corrected chi connectivity index (χ1v) is 6.39. The van der Waals surface area contributed by atoms with Crippen molar-refractivity contribution in [3.05, 3.63) is 65.7 Å². The Kier molecular flexibility index (Phi) is 3.26. The highest BCUT2D eigenvalue weighted by molar-refractivity contribution is 5.52. The van der Waals surface area contributed by atoms with Crippen LogP contribution in [0.25, 0.3) is 11.4 Å². The number of aromatic amines is 1. The second kappa shape index (κ2) is 5.22. The summed E-state index contributed by atoms with van der Waals surface area (Å²) in [6, 6.07) is 11.5. The number of aryl methyl sites for hydroxylation is 1. The van der Waals surface area contributed by atoms with Gasteiger partial charge in [0.2, 0.25) is 0 Å². The fraction of sp³-hybridized carbons (Fsp3) is 0.133. The second-order valence-electron chi connectivity index (χ2n) is 4.67. The number of nitrogens with zero attached hydrogens (tertiary/aromatic N) is 3. The highest BCUT2D eigenvalue weighted by Crippen LogP contribution is 2.19. The summed E-state index contributed by atoms with van der Waals surface area (Å²) in [6.07, 6.45) is 3.44. The maximum Gasteiger partial charge on any atom is 0.182 e. The van der Waals surface area contributed by atoms with E-state index in [9.17, 15) is 0 Å². The Labute approximate surface area is 116 Å². The van der Waals surface area contributed by atoms with E-state index in [-0.39, 0.29) is 6.04 Å². The Morgan fingerprint density at radius 2 is 1.95 bits per heavy atom. The minimum absolute atomic E-state index is 0.312. The number of hydrogen-bond acceptors (Lipinski definition) is 4. The summed E-state index contributed by atoms with van der Waals surface area (Å²) in [5.41, 5.74) is 9.28. The van der Waals surface area contributed by atoms with Crippen molar-refractivity contribution in [1.29, 1.82) is 0 Å². The molecule has 20 heavy (non-hydrogen) atoms. The van der Waals surface area contributed by atoms with Crippen LogP contribution in [0, 0.1) is 6.92 Å². The molecule has 0 bridgehead atoms. The summed E-state index contributed by atoms with van der Waals surface area (Å²) in [5.74, 6) is 1.25. The van der Waals surface area contributed by atoms with Crippen LogP contribution in [0.2, 0.25) is 0 Å². The van der Waals surface area contributed by atoms with Gasteiger partial charge in [-0.25, -0.2) is 4.98 Å². The van der Waals surface area contributed by atoms with Gasteiger partial charge in [0.15, 0.2) is 5.82 Å². The number of nitrogens with two attached hydrogens (primary N) is 1. The van der Waals surface area contributed by atoms with Crippen LogP contribution in [0.1, 0.15) is 23.0 Å². The van der Waals surface area contributed by atoms with Crippen LogP contribution in [0.5, 0.6) is 0 Å². The Morgan fingerprint density at radius 3 is 2.65 bits per heavy atom. The molecule has 2 heterocycles. The number of aromatic nitrogens is 4. The van der Waals surface area contributed by atoms with Gasteiger partial charge >= 0.3 is 0 Å². The molecule has 3 rings (SSSR count). The quantitative estimate of drug-likeness (QED) is 0.761. The van der Waals surface area contributed by atoms with Gasteiger partial charge in [-0.1, -0.05) is 29.8 Å². The Bertz CT molecular complexity index is 688. The Balaban J connectivity index is 1.88. The number of pyridine rings is 1. The SMILES string of the molecule is Cc1ccc([C@@H](N)c2nc(-c3cccnc3)n[nH]2)cc1. The van der Waals surface area contributed by atoms with Gasteiger partial charge in [0, 0.05) is 18.0 Å². The lowest BCUT2D eigenvalue weighted by atomic mass is 10.1. The number of nitrogens with one attached hydrogen (secondary N) is 1. The van der Waals surface area contributed by atoms with E-state index in [1.54, 1.807) is 12.4 Å². The number of H-pyrrole nitrogens is 1. The van der Waals surface area contributed by atoms with Crippen LogP contribution in [-0.2, 0) is 0 Å². The van der Waals surface area contributed by atoms with Crippen LogP contribution in [0.15, 0.2) is 48.8 Å². The molecule has 3 aromatic rings. The van der Waals surface area contributed by atoms with Gasteiger partial charge in [0.05, 0.1) is 6.04 Å². The molecular weight excluding hydrogens is 250 g/mol. The summed E-state index contributed by atoms with van der Waals surface area (Å²) in [5, 5.41) is 7.10. The maximum absolute atomic E-state index is 6.21. The fourth-order valence-corrected chi connectivity index (χ4v) is 1.97. The number of rotatable bonds is 3. The molecule has 0 aliphatic carbocycles. The third-order valence-corrected chi connectivity index (χ3v) is 3.15. The first kappa shape index (κ1) is 12.5. The predicted molar refractivity (Wildman–Crippen MR) is 76.8 cm³/mol. The van der Waals surface area contributed by atoms with Crippen LogP contribution < -0.4 is 5.73 Å². The van der Waals surface area contributed by atoms with Gasteiger partial charge in [0.25, 0.3) is 0 Å². The molecule has 3 N–H and O–H groups in total. The van der Waals surface area contributed by atoms with E-state index < -0.39 is 0 Å². The molecule has 5 nitrogen and oxygen atoms in total. The molecule has 0 aliphatic rings. The summed E-state index contributed by atoms with van der Waals surface area (Å²) < 4.78 is 0. The standard InChI is InChI=1S/C15H15N5/c1-10-4-6-11(7-5-10)13(16)15-18-14(19-20-15)12-3-2-8-17-9-12/h2-9,13H,16H2,1H3,(H,18,19,20)/t13-/m1/s1. The van der Waals surface area contributed by atoms with E-state index in [2.05, 4.69) is 20.2 Å². The van der Waals surface area contributed by atoms with E-state index in [1.165, 1.54) is 5.56 Å². The van der Waals surface area contributed by atoms with Gasteiger partial charge in [-0.15, -0.1) is 0 Å². The average Bonchev–Trinajstić information content (AvgIpc) is 2.98. The van der Waals surface area contributed by atoms with Crippen molar-refractivity contribution < 1.29 is 0 Å². The number of benzene rings is 1. The smallest absolute Gasteiger partial charge is 0.182 e. The van der Waals surface area contributed by atoms with Crippen molar-refractivity contribution in [3.63, 3.8) is 0 Å². The highest BCUT2D eigenvalue weighted by Gasteiger charge is 2.14. The summed E-state index contributed by atoms with van der Waals surface area (Å²) >= 11 is 0. The molecule has 0 aliphatic heterocycles. The summed E-state index contributed by atoms with van der Waals surface area (Å²) in [7, 11) is 0. The second-order valence-corrected chi connectivity index (χ2v) is 4.67. The molecule has 0 unspecified atom stereocenters. The van der Waals surface area contributed by atoms with Crippen LogP contribution in [-0.4, -0.2) is 20.2 Å². The van der Waals surface area contributed by atoms with Gasteiger partial charge in [-0.2, -0.15) is 5.10 Å². The van der Waals surface area contributed by atoms with Crippen molar-refractivity contribution in [2.75, 3.05) is 0 Å². The van der Waals surface area contributed by atoms with Crippen LogP contribution in [0.3, 0.4) is 0 Å². The molecule has 2 aromatic heterocycles. The third kappa shape index (κ3) is 2.44. The van der Waals surface area contributed by atoms with Crippen molar-refractivity contribution in [2.45, 2.75) is 13.0 Å². The molecule has 0 amide bonds. The molecule has 0 saturated carbocycles. The largest absolute Gasteiger partial charge is 0.318 e. The lowest BCUT2D eigenvalue weighted by molar-refractivity contribution is 0.787. The zero-order valence-electron chi connectivity index (χ0n) is 11.1. The van der Waals surface area contributed by atoms with E-state index in [1.807, 2.05) is 43.3 Å². The minimum Gasteiger partial charge on any atom is -0.318 e. The highest BCUT2D eigenvalue weighted by atomic mass is 15.2. The van der Waals surface area contributed by atoms with Gasteiger partial charge < -0.3 is 5.73 Å². The normalized spacial score (nSPS) is 12.3. The average molecular weight is 265 g/mol. The van der Waals surface area contributed by atoms with E-state index in [0.29, 0.717) is 11.6 Å². The topological polar surface area (TPSA) is 80.5 Å². The fourth-order valence-electron chi connectivity index (χ4n) is 1.97. The minimum atomic E-state index is -0.312. The first-order valence-electron chi connectivity index (χ1n) is 6.39. The molecular formula is C15H15N5. The molecule has 1 aromatic carbocycles. The molecule has 1 atom stereocenters. The van der Waals surface area contributed by atoms with E-state index >= 15 is 0 Å². The molecule has 0 saturated heterocycles. The maximum atomic E-state index is 6.21. The molecule has 100 valence electrons. The summed E-state index contributed by atoms with van der Waals surface area (Å²) in [6.45, 7) is 2.05. The zero-order chi connectivity index (χ0) is 13.9. The van der Waals surface area contributed by atoms with Gasteiger partial charge in [-0.3, -0.25) is 10.1 Å². The van der Waals surface area contributed by atoms with Crippen molar-refractivity contribution in [2.24, 2.45) is 5.73 Å². The third-order valence-electron chi connectivity index (χ3n) is 3.15. The molecule has 0 spiro atoms. The van der Waals surface area contributed by atoms with Gasteiger partial charge in [-0.05, 0) is 24.6 Å². The first-order chi connectivity index (χ1) is 9.74. The lowest BCUT2D eigenvalue weighted by Crippen LogP contribution is -2.13. The molecule has 0 radical (unpaired) electrons. The Morgan fingerprint density at radius 1 is 1.15 bits per heavy atom. The van der Waals surface area contributed by atoms with Crippen LogP contribution >= 0.6 is 0 Å². The van der Waals surface area contributed by atoms with Crippen molar-refractivity contribution >= 4 is 0 Å². The predicted octanol–water partition coefficient (Wildman–Crippen LogP) is 2.22. The summed E-state index contributed by atoms with van der Waals surface area (Å²) in [4.78, 5) is 8.51. The van der Waals surface area contributed by atoms with E-state index in [4.69, 9.17) is 5.73 Å². The van der Waals surface area contributed by atoms with Gasteiger partial charge in [0.1, 0.15) is 5.82 Å². The lowest BCUT2D eigenvalue weighted by Gasteiger charge is -2.08. The molecule has 5 heteroatoms.